The number of carbonyl (C=O) groups is 1. The first-order valence-corrected chi connectivity index (χ1v) is 7.12. The molecule has 2 heterocycles. The molecular formula is C18H12FN3O2. The topological polar surface area (TPSA) is 78.9 Å². The molecule has 2 aromatic heterocycles. The molecule has 0 amide bonds. The number of fused-ring (bicyclic) bond motifs is 1. The lowest BCUT2D eigenvalue weighted by Gasteiger charge is -2.04. The number of pyridine rings is 1. The van der Waals surface area contributed by atoms with Crippen molar-refractivity contribution in [2.24, 2.45) is 0 Å². The minimum atomic E-state index is -1.28. The molecule has 0 aliphatic heterocycles. The number of benzene rings is 1. The SMILES string of the molecule is N#C/C(=C\c1cn(Cc2cccc(F)c2)c2ncccc12)C(=O)O. The number of aromatic nitrogens is 2. The highest BCUT2D eigenvalue weighted by Crippen LogP contribution is 2.23. The average molecular weight is 321 g/mol. The molecule has 0 aliphatic rings. The van der Waals surface area contributed by atoms with Crippen LogP contribution in [0, 0.1) is 17.1 Å². The maximum Gasteiger partial charge on any atom is 0.346 e. The summed E-state index contributed by atoms with van der Waals surface area (Å²) in [5.74, 6) is -1.61. The maximum absolute atomic E-state index is 13.4. The zero-order valence-corrected chi connectivity index (χ0v) is 12.5. The molecule has 0 saturated heterocycles. The van der Waals surface area contributed by atoms with E-state index < -0.39 is 5.97 Å². The van der Waals surface area contributed by atoms with Crippen LogP contribution in [0.2, 0.25) is 0 Å². The van der Waals surface area contributed by atoms with Crippen LogP contribution in [0.5, 0.6) is 0 Å². The number of carboxylic acids is 1. The maximum atomic E-state index is 13.4. The van der Waals surface area contributed by atoms with Crippen LogP contribution < -0.4 is 0 Å². The van der Waals surface area contributed by atoms with Crippen molar-refractivity contribution in [3.63, 3.8) is 0 Å². The minimum absolute atomic E-state index is 0.324. The Hall–Kier alpha value is -3.46. The van der Waals surface area contributed by atoms with E-state index in [2.05, 4.69) is 4.98 Å². The first kappa shape index (κ1) is 15.4. The highest BCUT2D eigenvalue weighted by molar-refractivity contribution is 5.99. The Morgan fingerprint density at radius 1 is 1.38 bits per heavy atom. The predicted octanol–water partition coefficient (Wildman–Crippen LogP) is 3.22. The van der Waals surface area contributed by atoms with Gasteiger partial charge in [0.25, 0.3) is 0 Å². The number of carboxylic acid groups (broad SMARTS) is 1. The van der Waals surface area contributed by atoms with E-state index >= 15 is 0 Å². The van der Waals surface area contributed by atoms with Crippen molar-refractivity contribution in [2.45, 2.75) is 6.54 Å². The summed E-state index contributed by atoms with van der Waals surface area (Å²) in [7, 11) is 0. The van der Waals surface area contributed by atoms with Gasteiger partial charge in [-0.05, 0) is 35.9 Å². The summed E-state index contributed by atoms with van der Waals surface area (Å²) < 4.78 is 15.2. The minimum Gasteiger partial charge on any atom is -0.477 e. The average Bonchev–Trinajstić information content (AvgIpc) is 2.90. The molecule has 3 aromatic rings. The van der Waals surface area contributed by atoms with Crippen LogP contribution in [0.4, 0.5) is 4.39 Å². The van der Waals surface area contributed by atoms with Crippen LogP contribution in [0.3, 0.4) is 0 Å². The first-order valence-electron chi connectivity index (χ1n) is 7.12. The molecule has 1 N–H and O–H groups in total. The number of hydrogen-bond acceptors (Lipinski definition) is 3. The summed E-state index contributed by atoms with van der Waals surface area (Å²) in [6.07, 6.45) is 4.65. The molecule has 6 heteroatoms. The monoisotopic (exact) mass is 321 g/mol. The Labute approximate surface area is 136 Å². The second-order valence-electron chi connectivity index (χ2n) is 5.19. The summed E-state index contributed by atoms with van der Waals surface area (Å²) >= 11 is 0. The molecule has 3 rings (SSSR count). The van der Waals surface area contributed by atoms with E-state index in [9.17, 15) is 9.18 Å². The van der Waals surface area contributed by atoms with E-state index in [0.717, 1.165) is 10.9 Å². The number of nitrogens with zero attached hydrogens (tertiary/aromatic N) is 3. The Balaban J connectivity index is 2.10. The van der Waals surface area contributed by atoms with Gasteiger partial charge in [-0.3, -0.25) is 0 Å². The van der Waals surface area contributed by atoms with Gasteiger partial charge in [-0.15, -0.1) is 0 Å². The van der Waals surface area contributed by atoms with E-state index in [1.165, 1.54) is 18.2 Å². The van der Waals surface area contributed by atoms with Gasteiger partial charge in [-0.1, -0.05) is 12.1 Å². The van der Waals surface area contributed by atoms with Crippen molar-refractivity contribution in [2.75, 3.05) is 0 Å². The molecule has 24 heavy (non-hydrogen) atoms. The lowest BCUT2D eigenvalue weighted by molar-refractivity contribution is -0.132. The van der Waals surface area contributed by atoms with Gasteiger partial charge in [-0.2, -0.15) is 5.26 Å². The Morgan fingerprint density at radius 3 is 2.92 bits per heavy atom. The molecule has 0 unspecified atom stereocenters. The molecule has 0 saturated carbocycles. The number of rotatable bonds is 4. The van der Waals surface area contributed by atoms with Gasteiger partial charge in [0.1, 0.15) is 23.1 Å². The third-order valence-corrected chi connectivity index (χ3v) is 3.56. The fourth-order valence-electron chi connectivity index (χ4n) is 2.51. The molecule has 5 nitrogen and oxygen atoms in total. The van der Waals surface area contributed by atoms with Crippen molar-refractivity contribution in [1.29, 1.82) is 5.26 Å². The van der Waals surface area contributed by atoms with Gasteiger partial charge >= 0.3 is 5.97 Å². The molecule has 118 valence electrons. The summed E-state index contributed by atoms with van der Waals surface area (Å²) in [5, 5.41) is 18.7. The van der Waals surface area contributed by atoms with E-state index in [1.807, 2.05) is 0 Å². The highest BCUT2D eigenvalue weighted by atomic mass is 19.1. The van der Waals surface area contributed by atoms with Gasteiger partial charge in [0, 0.05) is 29.9 Å². The molecular weight excluding hydrogens is 309 g/mol. The van der Waals surface area contributed by atoms with Gasteiger partial charge in [0.15, 0.2) is 0 Å². The fourth-order valence-corrected chi connectivity index (χ4v) is 2.51. The highest BCUT2D eigenvalue weighted by Gasteiger charge is 2.12. The van der Waals surface area contributed by atoms with E-state index in [-0.39, 0.29) is 11.4 Å². The summed E-state index contributed by atoms with van der Waals surface area (Å²) in [4.78, 5) is 15.4. The van der Waals surface area contributed by atoms with Crippen molar-refractivity contribution in [3.8, 4) is 6.07 Å². The van der Waals surface area contributed by atoms with Crippen LogP contribution in [-0.2, 0) is 11.3 Å². The predicted molar refractivity (Wildman–Crippen MR) is 86.5 cm³/mol. The third-order valence-electron chi connectivity index (χ3n) is 3.56. The molecule has 0 radical (unpaired) electrons. The van der Waals surface area contributed by atoms with Crippen LogP contribution in [0.25, 0.3) is 17.1 Å². The van der Waals surface area contributed by atoms with Gasteiger partial charge in [0.05, 0.1) is 0 Å². The zero-order valence-electron chi connectivity index (χ0n) is 12.5. The summed E-state index contributed by atoms with van der Waals surface area (Å²) in [5.41, 5.74) is 1.61. The molecule has 1 aromatic carbocycles. The normalized spacial score (nSPS) is 11.4. The molecule has 0 fully saturated rings. The molecule has 0 spiro atoms. The number of hydrogen-bond donors (Lipinski definition) is 1. The number of aliphatic carboxylic acids is 1. The second-order valence-corrected chi connectivity index (χ2v) is 5.19. The molecule has 0 atom stereocenters. The second kappa shape index (κ2) is 6.34. The van der Waals surface area contributed by atoms with Crippen LogP contribution in [0.1, 0.15) is 11.1 Å². The van der Waals surface area contributed by atoms with Crippen LogP contribution in [-0.4, -0.2) is 20.6 Å². The van der Waals surface area contributed by atoms with E-state index in [1.54, 1.807) is 47.3 Å². The Kier molecular flexibility index (Phi) is 4.08. The Morgan fingerprint density at radius 2 is 2.21 bits per heavy atom. The standard InChI is InChI=1S/C18H12FN3O2/c19-15-4-1-3-12(7-15)10-22-11-14(8-13(9-20)18(23)24)16-5-2-6-21-17(16)22/h1-8,11H,10H2,(H,23,24)/b13-8+. The quantitative estimate of drug-likeness (QED) is 0.591. The fraction of sp³-hybridized carbons (Fsp3) is 0.0556. The molecule has 0 aliphatic carbocycles. The molecule has 0 bridgehead atoms. The van der Waals surface area contributed by atoms with Crippen molar-refractivity contribution in [3.05, 3.63) is 71.3 Å². The lowest BCUT2D eigenvalue weighted by atomic mass is 10.1. The van der Waals surface area contributed by atoms with Crippen molar-refractivity contribution in [1.82, 2.24) is 9.55 Å². The van der Waals surface area contributed by atoms with Crippen molar-refractivity contribution >= 4 is 23.1 Å². The largest absolute Gasteiger partial charge is 0.477 e. The van der Waals surface area contributed by atoms with Crippen LogP contribution >= 0.6 is 0 Å². The van der Waals surface area contributed by atoms with Crippen molar-refractivity contribution < 1.29 is 14.3 Å². The van der Waals surface area contributed by atoms with Gasteiger partial charge in [0.2, 0.25) is 0 Å². The van der Waals surface area contributed by atoms with Gasteiger partial charge in [-0.25, -0.2) is 14.2 Å². The lowest BCUT2D eigenvalue weighted by Crippen LogP contribution is -1.99. The first-order chi connectivity index (χ1) is 11.6. The zero-order chi connectivity index (χ0) is 17.1. The smallest absolute Gasteiger partial charge is 0.346 e. The third kappa shape index (κ3) is 3.01. The Bertz CT molecular complexity index is 999. The summed E-state index contributed by atoms with van der Waals surface area (Å²) in [6.45, 7) is 0.383. The summed E-state index contributed by atoms with van der Waals surface area (Å²) in [6, 6.07) is 11.4. The number of halogens is 1. The number of nitriles is 1. The van der Waals surface area contributed by atoms with E-state index in [0.29, 0.717) is 17.8 Å². The van der Waals surface area contributed by atoms with E-state index in [4.69, 9.17) is 10.4 Å². The van der Waals surface area contributed by atoms with Crippen LogP contribution in [0.15, 0.2) is 54.4 Å². The van der Waals surface area contributed by atoms with Gasteiger partial charge < -0.3 is 9.67 Å².